The summed E-state index contributed by atoms with van der Waals surface area (Å²) in [5.74, 6) is -2.04. The molecule has 0 saturated carbocycles. The van der Waals surface area contributed by atoms with Crippen molar-refractivity contribution < 1.29 is 57.4 Å². The summed E-state index contributed by atoms with van der Waals surface area (Å²) in [7, 11) is 0. The maximum atomic E-state index is 12.4. The van der Waals surface area contributed by atoms with Crippen molar-refractivity contribution in [2.75, 3.05) is 13.2 Å². The standard InChI is InChI=1S/C34H44N2O12/c1-20(37)35-29-27(45-23(4)40)15-26(18-43-22(3)39)46-34(29)48-31-28(19-42-16-24-11-7-5-8-12-24)47-33(41)30(36-21(2)38)32(31)44-17-25-13-9-6-10-14-25/h5-14,26-34,41H,15-19H2,1-4H3,(H,35,37)(H,36,38)/t26-,27-,28+,29+,30+,31+,32+,33+,34-/m0/s1. The average Bonchev–Trinajstić information content (AvgIpc) is 3.03. The molecule has 14 nitrogen and oxygen atoms in total. The van der Waals surface area contributed by atoms with Crippen molar-refractivity contribution in [2.45, 2.75) is 103 Å². The molecular formula is C34H44N2O12. The van der Waals surface area contributed by atoms with Gasteiger partial charge in [-0.25, -0.2) is 0 Å². The van der Waals surface area contributed by atoms with Gasteiger partial charge in [-0.05, 0) is 11.1 Å². The van der Waals surface area contributed by atoms with Crippen LogP contribution in [0, 0.1) is 0 Å². The maximum absolute atomic E-state index is 12.4. The Balaban J connectivity index is 1.69. The predicted octanol–water partition coefficient (Wildman–Crippen LogP) is 1.51. The van der Waals surface area contributed by atoms with Crippen molar-refractivity contribution in [2.24, 2.45) is 0 Å². The first kappa shape index (κ1) is 36.9. The fourth-order valence-corrected chi connectivity index (χ4v) is 5.67. The van der Waals surface area contributed by atoms with Gasteiger partial charge in [0.15, 0.2) is 12.6 Å². The largest absolute Gasteiger partial charge is 0.463 e. The van der Waals surface area contributed by atoms with Gasteiger partial charge in [0.2, 0.25) is 11.8 Å². The minimum Gasteiger partial charge on any atom is -0.463 e. The monoisotopic (exact) mass is 672 g/mol. The third-order valence-corrected chi connectivity index (χ3v) is 7.68. The Labute approximate surface area is 279 Å². The zero-order chi connectivity index (χ0) is 34.6. The minimum atomic E-state index is -1.51. The summed E-state index contributed by atoms with van der Waals surface area (Å²) in [5.41, 5.74) is 1.72. The highest BCUT2D eigenvalue weighted by Gasteiger charge is 2.51. The lowest BCUT2D eigenvalue weighted by atomic mass is 9.95. The van der Waals surface area contributed by atoms with Crippen LogP contribution in [0.25, 0.3) is 0 Å². The van der Waals surface area contributed by atoms with E-state index >= 15 is 0 Å². The number of aliphatic hydroxyl groups excluding tert-OH is 1. The van der Waals surface area contributed by atoms with Crippen LogP contribution in [0.5, 0.6) is 0 Å². The zero-order valence-electron chi connectivity index (χ0n) is 27.4. The Bertz CT molecular complexity index is 1350. The number of carbonyl (C=O) groups is 4. The molecule has 14 heteroatoms. The molecule has 2 aromatic carbocycles. The lowest BCUT2D eigenvalue weighted by Crippen LogP contribution is -2.68. The normalized spacial score (nSPS) is 28.6. The molecule has 2 aromatic rings. The van der Waals surface area contributed by atoms with Gasteiger partial charge < -0.3 is 48.9 Å². The van der Waals surface area contributed by atoms with Crippen molar-refractivity contribution in [1.29, 1.82) is 0 Å². The van der Waals surface area contributed by atoms with E-state index in [0.717, 1.165) is 11.1 Å². The van der Waals surface area contributed by atoms with Crippen molar-refractivity contribution in [1.82, 2.24) is 10.6 Å². The molecule has 0 aromatic heterocycles. The molecule has 0 unspecified atom stereocenters. The number of ether oxygens (including phenoxy) is 7. The molecule has 2 aliphatic heterocycles. The van der Waals surface area contributed by atoms with Crippen molar-refractivity contribution >= 4 is 23.8 Å². The SMILES string of the molecule is CC(=O)N[C@@H]1[C@@H](OCc2ccccc2)[C@H](O[C@@H]2O[C@H](COC(C)=O)C[C@H](OC(C)=O)[C@H]2NC(C)=O)[C@@H](COCc2ccccc2)O[C@H]1O. The number of nitrogens with one attached hydrogen (secondary N) is 2. The van der Waals surface area contributed by atoms with Crippen molar-refractivity contribution in [3.05, 3.63) is 71.8 Å². The summed E-state index contributed by atoms with van der Waals surface area (Å²) < 4.78 is 42.0. The van der Waals surface area contributed by atoms with Crippen molar-refractivity contribution in [3.63, 3.8) is 0 Å². The van der Waals surface area contributed by atoms with Crippen LogP contribution in [0.3, 0.4) is 0 Å². The highest BCUT2D eigenvalue weighted by molar-refractivity contribution is 5.74. The number of benzene rings is 2. The molecule has 9 atom stereocenters. The summed E-state index contributed by atoms with van der Waals surface area (Å²) in [6.45, 7) is 5.14. The summed E-state index contributed by atoms with van der Waals surface area (Å²) in [5, 5.41) is 16.6. The second-order valence-electron chi connectivity index (χ2n) is 11.7. The Hall–Kier alpha value is -3.92. The molecule has 3 N–H and O–H groups in total. The van der Waals surface area contributed by atoms with Crippen LogP contribution < -0.4 is 10.6 Å². The van der Waals surface area contributed by atoms with Crippen LogP contribution >= 0.6 is 0 Å². The first-order chi connectivity index (χ1) is 23.0. The number of hydrogen-bond acceptors (Lipinski definition) is 12. The van der Waals surface area contributed by atoms with Gasteiger partial charge >= 0.3 is 11.9 Å². The number of amides is 2. The highest BCUT2D eigenvalue weighted by Crippen LogP contribution is 2.32. The van der Waals surface area contributed by atoms with Gasteiger partial charge in [0, 0.05) is 34.1 Å². The number of rotatable bonds is 14. The summed E-state index contributed by atoms with van der Waals surface area (Å²) in [6, 6.07) is 16.6. The van der Waals surface area contributed by atoms with E-state index in [0.29, 0.717) is 0 Å². The third-order valence-electron chi connectivity index (χ3n) is 7.68. The van der Waals surface area contributed by atoms with E-state index in [1.165, 1.54) is 27.7 Å². The molecule has 0 spiro atoms. The van der Waals surface area contributed by atoms with Gasteiger partial charge in [0.05, 0.1) is 25.9 Å². The maximum Gasteiger partial charge on any atom is 0.302 e. The van der Waals surface area contributed by atoms with Gasteiger partial charge in [-0.2, -0.15) is 0 Å². The number of hydrogen-bond donors (Lipinski definition) is 3. The Morgan fingerprint density at radius 2 is 1.38 bits per heavy atom. The summed E-state index contributed by atoms with van der Waals surface area (Å²) in [6.07, 6.45) is -7.53. The molecule has 0 aliphatic carbocycles. The van der Waals surface area contributed by atoms with E-state index in [9.17, 15) is 24.3 Å². The molecule has 48 heavy (non-hydrogen) atoms. The zero-order valence-corrected chi connectivity index (χ0v) is 27.4. The molecule has 2 amide bonds. The topological polar surface area (TPSA) is 177 Å². The minimum absolute atomic E-state index is 0.0730. The smallest absolute Gasteiger partial charge is 0.302 e. The lowest BCUT2D eigenvalue weighted by Gasteiger charge is -2.48. The summed E-state index contributed by atoms with van der Waals surface area (Å²) in [4.78, 5) is 48.4. The van der Waals surface area contributed by atoms with Crippen LogP contribution in [0.15, 0.2) is 60.7 Å². The van der Waals surface area contributed by atoms with Gasteiger partial charge in [0.25, 0.3) is 0 Å². The van der Waals surface area contributed by atoms with Gasteiger partial charge in [-0.15, -0.1) is 0 Å². The first-order valence-corrected chi connectivity index (χ1v) is 15.8. The second kappa shape index (κ2) is 18.0. The van der Waals surface area contributed by atoms with Crippen LogP contribution in [0.2, 0.25) is 0 Å². The molecule has 262 valence electrons. The van der Waals surface area contributed by atoms with E-state index in [-0.39, 0.29) is 32.8 Å². The molecule has 2 saturated heterocycles. The molecule has 4 rings (SSSR count). The van der Waals surface area contributed by atoms with Crippen LogP contribution in [-0.4, -0.2) is 97.3 Å². The van der Waals surface area contributed by atoms with E-state index in [2.05, 4.69) is 10.6 Å². The van der Waals surface area contributed by atoms with E-state index in [4.69, 9.17) is 33.2 Å². The van der Waals surface area contributed by atoms with Gasteiger partial charge in [-0.3, -0.25) is 19.2 Å². The van der Waals surface area contributed by atoms with Crippen molar-refractivity contribution in [3.8, 4) is 0 Å². The van der Waals surface area contributed by atoms with Gasteiger partial charge in [-0.1, -0.05) is 60.7 Å². The fourth-order valence-electron chi connectivity index (χ4n) is 5.67. The third kappa shape index (κ3) is 11.1. The Morgan fingerprint density at radius 1 is 0.771 bits per heavy atom. The molecule has 0 bridgehead atoms. The van der Waals surface area contributed by atoms with Gasteiger partial charge in [0.1, 0.15) is 43.1 Å². The quantitative estimate of drug-likeness (QED) is 0.247. The van der Waals surface area contributed by atoms with Crippen LogP contribution in [0.1, 0.15) is 45.2 Å². The molecular weight excluding hydrogens is 628 g/mol. The molecule has 2 fully saturated rings. The van der Waals surface area contributed by atoms with Crippen LogP contribution in [0.4, 0.5) is 0 Å². The Kier molecular flexibility index (Phi) is 13.8. The first-order valence-electron chi connectivity index (χ1n) is 15.8. The second-order valence-corrected chi connectivity index (χ2v) is 11.7. The molecule has 2 aliphatic rings. The lowest BCUT2D eigenvalue weighted by molar-refractivity contribution is -0.324. The fraction of sp³-hybridized carbons (Fsp3) is 0.529. The average molecular weight is 673 g/mol. The van der Waals surface area contributed by atoms with E-state index in [1.807, 2.05) is 60.7 Å². The van der Waals surface area contributed by atoms with E-state index < -0.39 is 78.9 Å². The molecule has 2 heterocycles. The number of carbonyl (C=O) groups excluding carboxylic acids is 4. The number of aliphatic hydroxyl groups is 1. The summed E-state index contributed by atoms with van der Waals surface area (Å²) >= 11 is 0. The predicted molar refractivity (Wildman–Crippen MR) is 168 cm³/mol. The molecule has 0 radical (unpaired) electrons. The Morgan fingerprint density at radius 3 is 1.96 bits per heavy atom. The highest BCUT2D eigenvalue weighted by atomic mass is 16.7. The van der Waals surface area contributed by atoms with Crippen LogP contribution in [-0.2, 0) is 65.5 Å². The number of esters is 2. The van der Waals surface area contributed by atoms with E-state index in [1.54, 1.807) is 0 Å².